The maximum absolute atomic E-state index is 10.9. The summed E-state index contributed by atoms with van der Waals surface area (Å²) in [5, 5.41) is 8.92. The molecular formula is C10H8BrN3O2. The molecule has 2 aromatic heterocycles. The Hall–Kier alpha value is -1.69. The van der Waals surface area contributed by atoms with Crippen molar-refractivity contribution < 1.29 is 9.90 Å². The Morgan fingerprint density at radius 2 is 2.25 bits per heavy atom. The van der Waals surface area contributed by atoms with Gasteiger partial charge in [0, 0.05) is 13.2 Å². The van der Waals surface area contributed by atoms with Gasteiger partial charge >= 0.3 is 5.97 Å². The largest absolute Gasteiger partial charge is 0.476 e. The molecule has 0 aliphatic rings. The third-order valence-electron chi connectivity index (χ3n) is 2.12. The standard InChI is InChI=1S/C10H8BrN3O2/c1-14-8(11)7(10(15)16)13-9(14)6-4-2-3-5-12-6/h2-5H,1H3,(H,15,16). The number of aromatic nitrogens is 3. The van der Waals surface area contributed by atoms with Gasteiger partial charge in [0.25, 0.3) is 0 Å². The van der Waals surface area contributed by atoms with E-state index in [-0.39, 0.29) is 5.69 Å². The first-order valence-corrected chi connectivity index (χ1v) is 5.27. The molecule has 82 valence electrons. The maximum Gasteiger partial charge on any atom is 0.357 e. The number of aromatic carboxylic acids is 1. The van der Waals surface area contributed by atoms with E-state index < -0.39 is 5.97 Å². The molecule has 0 fully saturated rings. The van der Waals surface area contributed by atoms with Crippen LogP contribution in [0, 0.1) is 0 Å². The van der Waals surface area contributed by atoms with Crippen molar-refractivity contribution in [2.24, 2.45) is 7.05 Å². The van der Waals surface area contributed by atoms with Crippen molar-refractivity contribution in [2.75, 3.05) is 0 Å². The first-order chi connectivity index (χ1) is 7.61. The quantitative estimate of drug-likeness (QED) is 0.914. The van der Waals surface area contributed by atoms with E-state index in [0.717, 1.165) is 0 Å². The third kappa shape index (κ3) is 1.71. The van der Waals surface area contributed by atoms with Gasteiger partial charge in [0.1, 0.15) is 10.3 Å². The molecule has 16 heavy (non-hydrogen) atoms. The molecule has 2 aromatic rings. The minimum absolute atomic E-state index is 0.0110. The number of hydrogen-bond donors (Lipinski definition) is 1. The van der Waals surface area contributed by atoms with Gasteiger partial charge in [-0.05, 0) is 28.1 Å². The van der Waals surface area contributed by atoms with Crippen LogP contribution in [0.5, 0.6) is 0 Å². The smallest absolute Gasteiger partial charge is 0.357 e. The minimum atomic E-state index is -1.07. The van der Waals surface area contributed by atoms with Crippen LogP contribution < -0.4 is 0 Å². The SMILES string of the molecule is Cn1c(-c2ccccn2)nc(C(=O)O)c1Br. The Balaban J connectivity index is 2.60. The molecule has 2 rings (SSSR count). The van der Waals surface area contributed by atoms with Crippen molar-refractivity contribution in [3.05, 3.63) is 34.7 Å². The van der Waals surface area contributed by atoms with Gasteiger partial charge in [0.15, 0.2) is 11.5 Å². The highest BCUT2D eigenvalue weighted by atomic mass is 79.9. The van der Waals surface area contributed by atoms with E-state index in [0.29, 0.717) is 16.1 Å². The second kappa shape index (κ2) is 4.05. The zero-order chi connectivity index (χ0) is 11.7. The fourth-order valence-electron chi connectivity index (χ4n) is 1.34. The summed E-state index contributed by atoms with van der Waals surface area (Å²) in [5.74, 6) is -0.547. The Morgan fingerprint density at radius 3 is 2.75 bits per heavy atom. The summed E-state index contributed by atoms with van der Waals surface area (Å²) in [5.41, 5.74) is 0.626. The fourth-order valence-corrected chi connectivity index (χ4v) is 1.77. The zero-order valence-electron chi connectivity index (χ0n) is 8.38. The number of halogens is 1. The fraction of sp³-hybridized carbons (Fsp3) is 0.100. The number of nitrogens with zero attached hydrogens (tertiary/aromatic N) is 3. The van der Waals surface area contributed by atoms with Crippen LogP contribution in [0.4, 0.5) is 0 Å². The normalized spacial score (nSPS) is 10.4. The summed E-state index contributed by atoms with van der Waals surface area (Å²) in [6.45, 7) is 0. The molecule has 6 heteroatoms. The molecule has 0 aromatic carbocycles. The van der Waals surface area contributed by atoms with Crippen molar-refractivity contribution in [1.29, 1.82) is 0 Å². The van der Waals surface area contributed by atoms with E-state index in [1.807, 2.05) is 6.07 Å². The molecule has 0 radical (unpaired) electrons. The number of hydrogen-bond acceptors (Lipinski definition) is 3. The molecule has 1 N–H and O–H groups in total. The van der Waals surface area contributed by atoms with Gasteiger partial charge in [0.2, 0.25) is 0 Å². The van der Waals surface area contributed by atoms with E-state index in [2.05, 4.69) is 25.9 Å². The predicted octanol–water partition coefficient (Wildman–Crippen LogP) is 1.94. The molecule has 0 spiro atoms. The van der Waals surface area contributed by atoms with Gasteiger partial charge in [-0.2, -0.15) is 0 Å². The molecule has 0 amide bonds. The second-order valence-corrected chi connectivity index (χ2v) is 3.91. The number of carboxylic acid groups (broad SMARTS) is 1. The number of rotatable bonds is 2. The van der Waals surface area contributed by atoms with E-state index >= 15 is 0 Å². The van der Waals surface area contributed by atoms with Gasteiger partial charge < -0.3 is 9.67 Å². The average molecular weight is 282 g/mol. The van der Waals surface area contributed by atoms with Crippen LogP contribution in [0.15, 0.2) is 29.0 Å². The van der Waals surface area contributed by atoms with E-state index in [1.54, 1.807) is 29.9 Å². The van der Waals surface area contributed by atoms with Gasteiger partial charge in [-0.25, -0.2) is 9.78 Å². The molecule has 0 saturated heterocycles. The van der Waals surface area contributed by atoms with Gasteiger partial charge in [-0.3, -0.25) is 4.98 Å². The first-order valence-electron chi connectivity index (χ1n) is 4.48. The van der Waals surface area contributed by atoms with Crippen LogP contribution >= 0.6 is 15.9 Å². The lowest BCUT2D eigenvalue weighted by molar-refractivity contribution is 0.0690. The van der Waals surface area contributed by atoms with E-state index in [4.69, 9.17) is 5.11 Å². The Bertz CT molecular complexity index is 536. The summed E-state index contributed by atoms with van der Waals surface area (Å²) in [6.07, 6.45) is 1.64. The Labute approximate surface area is 99.9 Å². The van der Waals surface area contributed by atoms with Crippen LogP contribution in [0.3, 0.4) is 0 Å². The zero-order valence-corrected chi connectivity index (χ0v) is 9.97. The van der Waals surface area contributed by atoms with Crippen molar-refractivity contribution in [3.8, 4) is 11.5 Å². The van der Waals surface area contributed by atoms with Crippen LogP contribution in [-0.4, -0.2) is 25.6 Å². The van der Waals surface area contributed by atoms with Gasteiger partial charge in [0.05, 0.1) is 0 Å². The summed E-state index contributed by atoms with van der Waals surface area (Å²) >= 11 is 3.19. The Kier molecular flexibility index (Phi) is 2.74. The molecule has 0 atom stereocenters. The van der Waals surface area contributed by atoms with E-state index in [9.17, 15) is 4.79 Å². The highest BCUT2D eigenvalue weighted by Crippen LogP contribution is 2.23. The molecule has 0 aliphatic heterocycles. The predicted molar refractivity (Wildman–Crippen MR) is 61.1 cm³/mol. The molecule has 0 unspecified atom stereocenters. The number of pyridine rings is 1. The second-order valence-electron chi connectivity index (χ2n) is 3.15. The van der Waals surface area contributed by atoms with Crippen LogP contribution in [0.1, 0.15) is 10.5 Å². The van der Waals surface area contributed by atoms with Crippen molar-refractivity contribution in [2.45, 2.75) is 0 Å². The van der Waals surface area contributed by atoms with Crippen molar-refractivity contribution in [1.82, 2.24) is 14.5 Å². The number of imidazole rings is 1. The van der Waals surface area contributed by atoms with Crippen molar-refractivity contribution >= 4 is 21.9 Å². The summed E-state index contributed by atoms with van der Waals surface area (Å²) in [7, 11) is 1.73. The first kappa shape index (κ1) is 10.8. The number of carbonyl (C=O) groups is 1. The lowest BCUT2D eigenvalue weighted by Gasteiger charge is -2.00. The lowest BCUT2D eigenvalue weighted by atomic mass is 10.3. The monoisotopic (exact) mass is 281 g/mol. The molecular weight excluding hydrogens is 274 g/mol. The average Bonchev–Trinajstić information content (AvgIpc) is 2.58. The number of carboxylic acids is 1. The molecule has 5 nitrogen and oxygen atoms in total. The lowest BCUT2D eigenvalue weighted by Crippen LogP contribution is -1.97. The van der Waals surface area contributed by atoms with Crippen LogP contribution in [0.2, 0.25) is 0 Å². The van der Waals surface area contributed by atoms with E-state index in [1.165, 1.54) is 0 Å². The third-order valence-corrected chi connectivity index (χ3v) is 3.03. The summed E-state index contributed by atoms with van der Waals surface area (Å²) < 4.78 is 2.08. The van der Waals surface area contributed by atoms with Gasteiger partial charge in [-0.15, -0.1) is 0 Å². The van der Waals surface area contributed by atoms with Crippen LogP contribution in [-0.2, 0) is 7.05 Å². The highest BCUT2D eigenvalue weighted by molar-refractivity contribution is 9.10. The Morgan fingerprint density at radius 1 is 1.50 bits per heavy atom. The molecule has 0 aliphatic carbocycles. The topological polar surface area (TPSA) is 68.0 Å². The minimum Gasteiger partial charge on any atom is -0.476 e. The van der Waals surface area contributed by atoms with Gasteiger partial charge in [-0.1, -0.05) is 6.07 Å². The maximum atomic E-state index is 10.9. The molecule has 0 saturated carbocycles. The summed E-state index contributed by atoms with van der Waals surface area (Å²) in [6, 6.07) is 5.39. The molecule has 0 bridgehead atoms. The van der Waals surface area contributed by atoms with Crippen molar-refractivity contribution in [3.63, 3.8) is 0 Å². The van der Waals surface area contributed by atoms with Crippen LogP contribution in [0.25, 0.3) is 11.5 Å². The summed E-state index contributed by atoms with van der Waals surface area (Å²) in [4.78, 5) is 19.1. The highest BCUT2D eigenvalue weighted by Gasteiger charge is 2.19. The molecule has 2 heterocycles.